The number of ketones is 1. The number of hydrogen-bond donors (Lipinski definition) is 4. The van der Waals surface area contributed by atoms with Crippen LogP contribution in [0.1, 0.15) is 35.8 Å². The zero-order valence-electron chi connectivity index (χ0n) is 17.9. The number of allylic oxidation sites excluding steroid dienone is 2. The van der Waals surface area contributed by atoms with E-state index in [0.717, 1.165) is 26.9 Å². The van der Waals surface area contributed by atoms with Gasteiger partial charge in [-0.3, -0.25) is 4.79 Å². The van der Waals surface area contributed by atoms with E-state index in [1.807, 2.05) is 42.5 Å². The van der Waals surface area contributed by atoms with Crippen LogP contribution in [0, 0.1) is 5.92 Å². The van der Waals surface area contributed by atoms with Crippen LogP contribution in [-0.4, -0.2) is 37.5 Å². The SMILES string of the molecule is COc1ccc([C@H]2CC(=O)C3=C(C2)NC2NNC(O)C2[C@@H]3c2ccc(Br)cc2)cc1OC. The van der Waals surface area contributed by atoms with Gasteiger partial charge in [0.25, 0.3) is 0 Å². The van der Waals surface area contributed by atoms with E-state index in [2.05, 4.69) is 32.1 Å². The average Bonchev–Trinajstić information content (AvgIpc) is 3.18. The van der Waals surface area contributed by atoms with Gasteiger partial charge in [0.05, 0.1) is 20.4 Å². The maximum absolute atomic E-state index is 13.6. The van der Waals surface area contributed by atoms with Crippen LogP contribution < -0.4 is 25.6 Å². The summed E-state index contributed by atoms with van der Waals surface area (Å²) >= 11 is 3.49. The van der Waals surface area contributed by atoms with Crippen LogP contribution >= 0.6 is 15.9 Å². The standard InChI is InChI=1S/C24H26BrN3O4/c1-31-18-8-5-13(11-19(18)32-2)14-9-16-21(17(29)10-14)20(12-3-6-15(25)7-4-12)22-23(26-16)27-28-24(22)30/h3-8,11,14,20,22-24,26-28,30H,9-10H2,1-2H3/t14-,20-,22?,23?,24?/m1/s1. The number of halogens is 1. The van der Waals surface area contributed by atoms with E-state index in [9.17, 15) is 9.90 Å². The van der Waals surface area contributed by atoms with Gasteiger partial charge >= 0.3 is 0 Å². The number of Topliss-reactive ketones (excluding diaryl/α,β-unsaturated/α-hetero) is 1. The summed E-state index contributed by atoms with van der Waals surface area (Å²) in [6.45, 7) is 0. The maximum Gasteiger partial charge on any atom is 0.161 e. The van der Waals surface area contributed by atoms with Gasteiger partial charge in [-0.15, -0.1) is 0 Å². The quantitative estimate of drug-likeness (QED) is 0.513. The van der Waals surface area contributed by atoms with E-state index in [4.69, 9.17) is 9.47 Å². The van der Waals surface area contributed by atoms with E-state index in [0.29, 0.717) is 24.3 Å². The normalized spacial score (nSPS) is 29.2. The zero-order valence-corrected chi connectivity index (χ0v) is 19.5. The fourth-order valence-corrected chi connectivity index (χ4v) is 5.53. The lowest BCUT2D eigenvalue weighted by atomic mass is 9.69. The predicted molar refractivity (Wildman–Crippen MR) is 123 cm³/mol. The molecule has 1 fully saturated rings. The van der Waals surface area contributed by atoms with E-state index in [1.54, 1.807) is 14.2 Å². The summed E-state index contributed by atoms with van der Waals surface area (Å²) in [5.41, 5.74) is 9.89. The van der Waals surface area contributed by atoms with Crippen LogP contribution in [0.4, 0.5) is 0 Å². The van der Waals surface area contributed by atoms with Gasteiger partial charge in [0.15, 0.2) is 17.3 Å². The monoisotopic (exact) mass is 499 g/mol. The van der Waals surface area contributed by atoms with Gasteiger partial charge in [-0.25, -0.2) is 10.9 Å². The minimum Gasteiger partial charge on any atom is -0.493 e. The summed E-state index contributed by atoms with van der Waals surface area (Å²) in [5, 5.41) is 14.1. The van der Waals surface area contributed by atoms with Gasteiger partial charge in [0.2, 0.25) is 0 Å². The number of benzene rings is 2. The van der Waals surface area contributed by atoms with Crippen LogP contribution in [0.2, 0.25) is 0 Å². The summed E-state index contributed by atoms with van der Waals surface area (Å²) in [7, 11) is 3.23. The molecule has 2 aromatic carbocycles. The number of rotatable bonds is 4. The van der Waals surface area contributed by atoms with Crippen molar-refractivity contribution in [2.45, 2.75) is 37.1 Å². The summed E-state index contributed by atoms with van der Waals surface area (Å²) in [6, 6.07) is 13.9. The number of hydrogen-bond acceptors (Lipinski definition) is 7. The molecule has 0 spiro atoms. The van der Waals surface area contributed by atoms with Gasteiger partial charge in [-0.1, -0.05) is 34.1 Å². The minimum atomic E-state index is -0.758. The number of aliphatic hydroxyl groups excluding tert-OH is 1. The molecule has 8 heteroatoms. The maximum atomic E-state index is 13.6. The second-order valence-electron chi connectivity index (χ2n) is 8.50. The average molecular weight is 500 g/mol. The number of hydrazine groups is 1. The summed E-state index contributed by atoms with van der Waals surface area (Å²) in [4.78, 5) is 13.6. The molecule has 7 nitrogen and oxygen atoms in total. The molecule has 5 rings (SSSR count). The third-order valence-corrected chi connectivity index (χ3v) is 7.31. The Kier molecular flexibility index (Phi) is 5.71. The largest absolute Gasteiger partial charge is 0.493 e. The highest BCUT2D eigenvalue weighted by atomic mass is 79.9. The Balaban J connectivity index is 1.54. The predicted octanol–water partition coefficient (Wildman–Crippen LogP) is 2.92. The van der Waals surface area contributed by atoms with Crippen molar-refractivity contribution >= 4 is 21.7 Å². The molecule has 3 unspecified atom stereocenters. The summed E-state index contributed by atoms with van der Waals surface area (Å²) in [6.07, 6.45) is 0.197. The van der Waals surface area contributed by atoms with Crippen LogP contribution in [0.25, 0.3) is 0 Å². The van der Waals surface area contributed by atoms with Gasteiger partial charge in [-0.2, -0.15) is 0 Å². The highest BCUT2D eigenvalue weighted by Crippen LogP contribution is 2.47. The van der Waals surface area contributed by atoms with Crippen molar-refractivity contribution in [1.82, 2.24) is 16.2 Å². The topological polar surface area (TPSA) is 91.9 Å². The number of ether oxygens (including phenoxy) is 2. The molecule has 0 saturated carbocycles. The van der Waals surface area contributed by atoms with Crippen LogP contribution in [0.3, 0.4) is 0 Å². The van der Waals surface area contributed by atoms with Gasteiger partial charge < -0.3 is 19.9 Å². The van der Waals surface area contributed by atoms with Crippen LogP contribution in [-0.2, 0) is 4.79 Å². The second kappa shape index (κ2) is 8.51. The van der Waals surface area contributed by atoms with E-state index in [-0.39, 0.29) is 29.7 Å². The van der Waals surface area contributed by atoms with Crippen molar-refractivity contribution in [3.8, 4) is 11.5 Å². The molecule has 1 saturated heterocycles. The van der Waals surface area contributed by atoms with E-state index >= 15 is 0 Å². The Morgan fingerprint density at radius 1 is 0.969 bits per heavy atom. The molecule has 4 N–H and O–H groups in total. The lowest BCUT2D eigenvalue weighted by Crippen LogP contribution is -2.51. The molecule has 2 heterocycles. The van der Waals surface area contributed by atoms with Crippen LogP contribution in [0.5, 0.6) is 11.5 Å². The zero-order chi connectivity index (χ0) is 22.4. The Morgan fingerprint density at radius 3 is 2.41 bits per heavy atom. The van der Waals surface area contributed by atoms with Gasteiger partial charge in [-0.05, 0) is 47.7 Å². The fourth-order valence-electron chi connectivity index (χ4n) is 5.27. The van der Waals surface area contributed by atoms with Crippen molar-refractivity contribution in [1.29, 1.82) is 0 Å². The van der Waals surface area contributed by atoms with Crippen LogP contribution in [0.15, 0.2) is 58.2 Å². The molecule has 5 atom stereocenters. The highest BCUT2D eigenvalue weighted by molar-refractivity contribution is 9.10. The molecular weight excluding hydrogens is 474 g/mol. The molecule has 2 aliphatic heterocycles. The first-order chi connectivity index (χ1) is 15.5. The Morgan fingerprint density at radius 2 is 1.69 bits per heavy atom. The second-order valence-corrected chi connectivity index (χ2v) is 9.41. The number of carbonyl (C=O) groups excluding carboxylic acids is 1. The first kappa shape index (κ1) is 21.5. The Hall–Kier alpha value is -2.39. The molecule has 2 aromatic rings. The summed E-state index contributed by atoms with van der Waals surface area (Å²) < 4.78 is 11.8. The number of fused-ring (bicyclic) bond motifs is 1. The van der Waals surface area contributed by atoms with Crippen molar-refractivity contribution in [3.63, 3.8) is 0 Å². The molecule has 0 aromatic heterocycles. The number of aliphatic hydroxyl groups is 1. The minimum absolute atomic E-state index is 0.0370. The molecular formula is C24H26BrN3O4. The lowest BCUT2D eigenvalue weighted by molar-refractivity contribution is -0.117. The van der Waals surface area contributed by atoms with E-state index < -0.39 is 6.23 Å². The molecule has 168 valence electrons. The van der Waals surface area contributed by atoms with Gasteiger partial charge in [0.1, 0.15) is 6.23 Å². The van der Waals surface area contributed by atoms with Crippen molar-refractivity contribution in [2.75, 3.05) is 14.2 Å². The smallest absolute Gasteiger partial charge is 0.161 e. The molecule has 0 bridgehead atoms. The van der Waals surface area contributed by atoms with Crippen molar-refractivity contribution in [3.05, 3.63) is 69.3 Å². The Labute approximate surface area is 195 Å². The van der Waals surface area contributed by atoms with Crippen molar-refractivity contribution < 1.29 is 19.4 Å². The first-order valence-corrected chi connectivity index (χ1v) is 11.5. The number of nitrogens with one attached hydrogen (secondary N) is 3. The first-order valence-electron chi connectivity index (χ1n) is 10.7. The highest BCUT2D eigenvalue weighted by Gasteiger charge is 2.49. The summed E-state index contributed by atoms with van der Waals surface area (Å²) in [5.74, 6) is 1.09. The van der Waals surface area contributed by atoms with Gasteiger partial charge in [0, 0.05) is 34.0 Å². The number of carbonyl (C=O) groups is 1. The number of methoxy groups -OCH3 is 2. The Bertz CT molecular complexity index is 1070. The third-order valence-electron chi connectivity index (χ3n) is 6.78. The molecule has 3 aliphatic rings. The molecule has 0 radical (unpaired) electrons. The van der Waals surface area contributed by atoms with Crippen molar-refractivity contribution in [2.24, 2.45) is 5.92 Å². The third kappa shape index (κ3) is 3.61. The lowest BCUT2D eigenvalue weighted by Gasteiger charge is -2.42. The molecule has 32 heavy (non-hydrogen) atoms. The molecule has 1 aliphatic carbocycles. The van der Waals surface area contributed by atoms with E-state index in [1.165, 1.54) is 0 Å². The molecule has 0 amide bonds. The fraction of sp³-hybridized carbons (Fsp3) is 0.375.